The third kappa shape index (κ3) is 1.76. The van der Waals surface area contributed by atoms with E-state index in [0.717, 1.165) is 17.9 Å². The van der Waals surface area contributed by atoms with Crippen LogP contribution in [-0.4, -0.2) is 19.8 Å². The molecular weight excluding hydrogens is 202 g/mol. The van der Waals surface area contributed by atoms with E-state index < -0.39 is 0 Å². The van der Waals surface area contributed by atoms with Crippen LogP contribution in [0.15, 0.2) is 18.2 Å². The normalized spacial score (nSPS) is 22.7. The molecule has 2 rings (SSSR count). The standard InChI is InChI=1S/C13H19NO2/c1-4-10-12(14-3)9-7-6-8-11(15-5-2)13(9)16-10/h6-8,10,12,14H,4-5H2,1-3H3. The fourth-order valence-corrected chi connectivity index (χ4v) is 2.25. The highest BCUT2D eigenvalue weighted by molar-refractivity contribution is 5.51. The molecule has 1 aromatic rings. The number of benzene rings is 1. The van der Waals surface area contributed by atoms with Crippen molar-refractivity contribution < 1.29 is 9.47 Å². The van der Waals surface area contributed by atoms with Crippen LogP contribution in [0.1, 0.15) is 31.9 Å². The van der Waals surface area contributed by atoms with E-state index in [-0.39, 0.29) is 12.1 Å². The molecule has 1 aliphatic heterocycles. The predicted octanol–water partition coefficient (Wildman–Crippen LogP) is 2.52. The molecule has 0 aliphatic carbocycles. The fraction of sp³-hybridized carbons (Fsp3) is 0.538. The van der Waals surface area contributed by atoms with Crippen LogP contribution in [0.3, 0.4) is 0 Å². The van der Waals surface area contributed by atoms with E-state index in [1.54, 1.807) is 0 Å². The summed E-state index contributed by atoms with van der Waals surface area (Å²) in [5.41, 5.74) is 1.21. The van der Waals surface area contributed by atoms with Crippen LogP contribution in [-0.2, 0) is 0 Å². The van der Waals surface area contributed by atoms with Crippen molar-refractivity contribution in [3.05, 3.63) is 23.8 Å². The lowest BCUT2D eigenvalue weighted by molar-refractivity contribution is 0.182. The molecule has 16 heavy (non-hydrogen) atoms. The highest BCUT2D eigenvalue weighted by Gasteiger charge is 2.33. The number of likely N-dealkylation sites (N-methyl/N-ethyl adjacent to an activating group) is 1. The van der Waals surface area contributed by atoms with E-state index >= 15 is 0 Å². The Hall–Kier alpha value is -1.22. The van der Waals surface area contributed by atoms with E-state index in [4.69, 9.17) is 9.47 Å². The van der Waals surface area contributed by atoms with Crippen molar-refractivity contribution in [2.24, 2.45) is 0 Å². The zero-order valence-corrected chi connectivity index (χ0v) is 10.1. The lowest BCUT2D eigenvalue weighted by atomic mass is 10.0. The van der Waals surface area contributed by atoms with E-state index in [1.165, 1.54) is 5.56 Å². The molecule has 0 radical (unpaired) electrons. The first-order valence-corrected chi connectivity index (χ1v) is 5.91. The number of para-hydroxylation sites is 1. The molecule has 1 aliphatic rings. The molecule has 1 N–H and O–H groups in total. The number of hydrogen-bond acceptors (Lipinski definition) is 3. The summed E-state index contributed by atoms with van der Waals surface area (Å²) in [7, 11) is 1.97. The monoisotopic (exact) mass is 221 g/mol. The second kappa shape index (κ2) is 4.74. The fourth-order valence-electron chi connectivity index (χ4n) is 2.25. The second-order valence-electron chi connectivity index (χ2n) is 3.94. The summed E-state index contributed by atoms with van der Waals surface area (Å²) in [6.45, 7) is 4.79. The maximum absolute atomic E-state index is 5.96. The number of fused-ring (bicyclic) bond motifs is 1. The summed E-state index contributed by atoms with van der Waals surface area (Å²) in [4.78, 5) is 0. The first-order valence-electron chi connectivity index (χ1n) is 5.91. The molecule has 3 heteroatoms. The SMILES string of the molecule is CCOc1cccc2c1OC(CC)C2NC. The number of hydrogen-bond donors (Lipinski definition) is 1. The number of rotatable bonds is 4. The van der Waals surface area contributed by atoms with Gasteiger partial charge in [0.15, 0.2) is 11.5 Å². The Morgan fingerprint density at radius 2 is 2.19 bits per heavy atom. The zero-order valence-electron chi connectivity index (χ0n) is 10.1. The van der Waals surface area contributed by atoms with Crippen molar-refractivity contribution in [1.82, 2.24) is 5.32 Å². The number of ether oxygens (including phenoxy) is 2. The maximum atomic E-state index is 5.96. The van der Waals surface area contributed by atoms with Crippen LogP contribution < -0.4 is 14.8 Å². The molecule has 1 aromatic carbocycles. The average molecular weight is 221 g/mol. The lowest BCUT2D eigenvalue weighted by Crippen LogP contribution is -2.27. The molecule has 2 unspecified atom stereocenters. The van der Waals surface area contributed by atoms with Crippen LogP contribution in [0.25, 0.3) is 0 Å². The molecule has 0 spiro atoms. The van der Waals surface area contributed by atoms with E-state index in [2.05, 4.69) is 18.3 Å². The van der Waals surface area contributed by atoms with E-state index in [1.807, 2.05) is 26.1 Å². The van der Waals surface area contributed by atoms with Gasteiger partial charge in [0.2, 0.25) is 0 Å². The molecule has 1 heterocycles. The molecule has 88 valence electrons. The molecule has 0 bridgehead atoms. The summed E-state index contributed by atoms with van der Waals surface area (Å²) >= 11 is 0. The van der Waals surface area contributed by atoms with Gasteiger partial charge < -0.3 is 14.8 Å². The second-order valence-corrected chi connectivity index (χ2v) is 3.94. The average Bonchev–Trinajstić information content (AvgIpc) is 2.68. The van der Waals surface area contributed by atoms with Crippen LogP contribution in [0, 0.1) is 0 Å². The maximum Gasteiger partial charge on any atom is 0.166 e. The molecule has 2 atom stereocenters. The Kier molecular flexibility index (Phi) is 3.34. The summed E-state index contributed by atoms with van der Waals surface area (Å²) in [6, 6.07) is 6.37. The van der Waals surface area contributed by atoms with Gasteiger partial charge in [0.05, 0.1) is 12.6 Å². The third-order valence-corrected chi connectivity index (χ3v) is 3.00. The molecule has 0 amide bonds. The summed E-state index contributed by atoms with van der Waals surface area (Å²) < 4.78 is 11.5. The van der Waals surface area contributed by atoms with Crippen molar-refractivity contribution in [1.29, 1.82) is 0 Å². The Labute approximate surface area is 96.8 Å². The summed E-state index contributed by atoms with van der Waals surface area (Å²) in [6.07, 6.45) is 1.20. The molecule has 0 saturated carbocycles. The molecular formula is C13H19NO2. The van der Waals surface area contributed by atoms with Gasteiger partial charge >= 0.3 is 0 Å². The van der Waals surface area contributed by atoms with Gasteiger partial charge in [-0.15, -0.1) is 0 Å². The highest BCUT2D eigenvalue weighted by Crippen LogP contribution is 2.43. The van der Waals surface area contributed by atoms with Gasteiger partial charge in [-0.05, 0) is 26.5 Å². The minimum absolute atomic E-state index is 0.210. The first-order chi connectivity index (χ1) is 7.81. The smallest absolute Gasteiger partial charge is 0.166 e. The minimum Gasteiger partial charge on any atom is -0.490 e. The van der Waals surface area contributed by atoms with Gasteiger partial charge in [-0.2, -0.15) is 0 Å². The van der Waals surface area contributed by atoms with Crippen LogP contribution in [0.5, 0.6) is 11.5 Å². The third-order valence-electron chi connectivity index (χ3n) is 3.00. The van der Waals surface area contributed by atoms with Gasteiger partial charge in [0.25, 0.3) is 0 Å². The van der Waals surface area contributed by atoms with Gasteiger partial charge in [-0.25, -0.2) is 0 Å². The highest BCUT2D eigenvalue weighted by atomic mass is 16.5. The van der Waals surface area contributed by atoms with Crippen molar-refractivity contribution in [3.8, 4) is 11.5 Å². The predicted molar refractivity (Wildman–Crippen MR) is 64.1 cm³/mol. The Morgan fingerprint density at radius 1 is 1.38 bits per heavy atom. The Morgan fingerprint density at radius 3 is 2.81 bits per heavy atom. The number of nitrogens with one attached hydrogen (secondary N) is 1. The first kappa shape index (κ1) is 11.3. The van der Waals surface area contributed by atoms with Crippen molar-refractivity contribution in [2.75, 3.05) is 13.7 Å². The molecule has 0 aromatic heterocycles. The quantitative estimate of drug-likeness (QED) is 0.847. The minimum atomic E-state index is 0.210. The Bertz CT molecular complexity index is 365. The van der Waals surface area contributed by atoms with Crippen LogP contribution in [0.4, 0.5) is 0 Å². The zero-order chi connectivity index (χ0) is 11.5. The van der Waals surface area contributed by atoms with Crippen molar-refractivity contribution >= 4 is 0 Å². The van der Waals surface area contributed by atoms with Gasteiger partial charge in [-0.1, -0.05) is 19.1 Å². The summed E-state index contributed by atoms with van der Waals surface area (Å²) in [5.74, 6) is 1.77. The van der Waals surface area contributed by atoms with Crippen molar-refractivity contribution in [3.63, 3.8) is 0 Å². The van der Waals surface area contributed by atoms with Gasteiger partial charge in [0, 0.05) is 5.56 Å². The molecule has 0 fully saturated rings. The largest absolute Gasteiger partial charge is 0.490 e. The lowest BCUT2D eigenvalue weighted by Gasteiger charge is -2.16. The summed E-state index contributed by atoms with van der Waals surface area (Å²) in [5, 5.41) is 3.31. The van der Waals surface area contributed by atoms with E-state index in [0.29, 0.717) is 6.61 Å². The molecule has 0 saturated heterocycles. The topological polar surface area (TPSA) is 30.5 Å². The van der Waals surface area contributed by atoms with Crippen LogP contribution in [0.2, 0.25) is 0 Å². The Balaban J connectivity index is 2.36. The van der Waals surface area contributed by atoms with E-state index in [9.17, 15) is 0 Å². The molecule has 3 nitrogen and oxygen atoms in total. The van der Waals surface area contributed by atoms with Crippen LogP contribution >= 0.6 is 0 Å². The van der Waals surface area contributed by atoms with Crippen molar-refractivity contribution in [2.45, 2.75) is 32.4 Å². The van der Waals surface area contributed by atoms with Gasteiger partial charge in [0.1, 0.15) is 6.10 Å². The van der Waals surface area contributed by atoms with Gasteiger partial charge in [-0.3, -0.25) is 0 Å².